The number of ether oxygens (including phenoxy) is 1. The summed E-state index contributed by atoms with van der Waals surface area (Å²) in [5.74, 6) is -0.575. The second-order valence-electron chi connectivity index (χ2n) is 4.11. The van der Waals surface area contributed by atoms with Gasteiger partial charge in [0, 0.05) is 18.2 Å². The third kappa shape index (κ3) is 4.22. The lowest BCUT2D eigenvalue weighted by Crippen LogP contribution is -2.14. The van der Waals surface area contributed by atoms with Gasteiger partial charge in [-0.2, -0.15) is 0 Å². The van der Waals surface area contributed by atoms with Gasteiger partial charge in [-0.25, -0.2) is 8.78 Å². The lowest BCUT2D eigenvalue weighted by atomic mass is 10.1. The summed E-state index contributed by atoms with van der Waals surface area (Å²) >= 11 is 0. The van der Waals surface area contributed by atoms with Crippen molar-refractivity contribution in [2.24, 2.45) is 5.92 Å². The highest BCUT2D eigenvalue weighted by Gasteiger charge is 2.14. The average Bonchev–Trinajstić information content (AvgIpc) is 2.74. The fourth-order valence-corrected chi connectivity index (χ4v) is 1.83. The summed E-state index contributed by atoms with van der Waals surface area (Å²) in [6.45, 7) is 2.83. The number of nitrogens with one attached hydrogen (secondary N) is 1. The highest BCUT2D eigenvalue weighted by Crippen LogP contribution is 2.13. The standard InChI is InChI=1S/C12H15F2NO.ClH/c13-11-2-1-10(12(14)5-11)8-16-7-9-3-4-15-6-9;/h1-2,5,9,15H,3-4,6-8H2;1H. The summed E-state index contributed by atoms with van der Waals surface area (Å²) < 4.78 is 31.3. The second-order valence-corrected chi connectivity index (χ2v) is 4.11. The monoisotopic (exact) mass is 263 g/mol. The smallest absolute Gasteiger partial charge is 0.131 e. The van der Waals surface area contributed by atoms with E-state index in [4.69, 9.17) is 4.74 Å². The van der Waals surface area contributed by atoms with Crippen molar-refractivity contribution in [3.8, 4) is 0 Å². The summed E-state index contributed by atoms with van der Waals surface area (Å²) in [5, 5.41) is 3.24. The molecule has 1 atom stereocenters. The predicted octanol–water partition coefficient (Wildman–Crippen LogP) is 2.51. The molecule has 1 fully saturated rings. The number of halogens is 3. The van der Waals surface area contributed by atoms with Crippen LogP contribution < -0.4 is 5.32 Å². The quantitative estimate of drug-likeness (QED) is 0.901. The Balaban J connectivity index is 0.00000144. The van der Waals surface area contributed by atoms with E-state index in [1.807, 2.05) is 0 Å². The Labute approximate surface area is 106 Å². The van der Waals surface area contributed by atoms with E-state index in [0.717, 1.165) is 25.6 Å². The van der Waals surface area contributed by atoms with Crippen LogP contribution in [0.5, 0.6) is 0 Å². The number of hydrogen-bond donors (Lipinski definition) is 1. The van der Waals surface area contributed by atoms with E-state index < -0.39 is 11.6 Å². The topological polar surface area (TPSA) is 21.3 Å². The van der Waals surface area contributed by atoms with E-state index in [0.29, 0.717) is 18.1 Å². The Bertz CT molecular complexity index is 356. The van der Waals surface area contributed by atoms with Gasteiger partial charge in [-0.15, -0.1) is 12.4 Å². The van der Waals surface area contributed by atoms with Gasteiger partial charge in [0.15, 0.2) is 0 Å². The zero-order valence-corrected chi connectivity index (χ0v) is 10.2. The average molecular weight is 264 g/mol. The molecule has 1 aromatic carbocycles. The van der Waals surface area contributed by atoms with Crippen molar-refractivity contribution in [2.75, 3.05) is 19.7 Å². The van der Waals surface area contributed by atoms with Gasteiger partial charge in [-0.1, -0.05) is 6.07 Å². The molecule has 0 radical (unpaired) electrons. The van der Waals surface area contributed by atoms with Crippen LogP contribution in [-0.2, 0) is 11.3 Å². The van der Waals surface area contributed by atoms with Crippen LogP contribution in [-0.4, -0.2) is 19.7 Å². The number of rotatable bonds is 4. The fourth-order valence-electron chi connectivity index (χ4n) is 1.83. The minimum Gasteiger partial charge on any atom is -0.376 e. The van der Waals surface area contributed by atoms with Gasteiger partial charge < -0.3 is 10.1 Å². The van der Waals surface area contributed by atoms with E-state index in [9.17, 15) is 8.78 Å². The Morgan fingerprint density at radius 3 is 2.82 bits per heavy atom. The van der Waals surface area contributed by atoms with Gasteiger partial charge in [0.2, 0.25) is 0 Å². The Morgan fingerprint density at radius 2 is 2.18 bits per heavy atom. The maximum Gasteiger partial charge on any atom is 0.131 e. The van der Waals surface area contributed by atoms with Gasteiger partial charge in [-0.3, -0.25) is 0 Å². The molecular weight excluding hydrogens is 248 g/mol. The van der Waals surface area contributed by atoms with Crippen molar-refractivity contribution < 1.29 is 13.5 Å². The number of benzene rings is 1. The molecule has 0 spiro atoms. The van der Waals surface area contributed by atoms with Crippen LogP contribution in [0.3, 0.4) is 0 Å². The molecule has 0 saturated carbocycles. The molecule has 1 heterocycles. The molecule has 0 amide bonds. The van der Waals surface area contributed by atoms with Gasteiger partial charge in [0.05, 0.1) is 13.2 Å². The van der Waals surface area contributed by atoms with Gasteiger partial charge >= 0.3 is 0 Å². The van der Waals surface area contributed by atoms with E-state index in [2.05, 4.69) is 5.32 Å². The van der Waals surface area contributed by atoms with Crippen molar-refractivity contribution in [1.29, 1.82) is 0 Å². The van der Waals surface area contributed by atoms with Crippen molar-refractivity contribution in [3.05, 3.63) is 35.4 Å². The van der Waals surface area contributed by atoms with Gasteiger partial charge in [-0.05, 0) is 24.9 Å². The van der Waals surface area contributed by atoms with Crippen LogP contribution in [0.4, 0.5) is 8.78 Å². The maximum absolute atomic E-state index is 13.2. The molecule has 1 unspecified atom stereocenters. The fraction of sp³-hybridized carbons (Fsp3) is 0.500. The summed E-state index contributed by atoms with van der Waals surface area (Å²) in [5.41, 5.74) is 0.410. The lowest BCUT2D eigenvalue weighted by Gasteiger charge is -2.09. The summed E-state index contributed by atoms with van der Waals surface area (Å²) in [7, 11) is 0. The molecule has 2 rings (SSSR count). The molecule has 1 N–H and O–H groups in total. The van der Waals surface area contributed by atoms with E-state index in [-0.39, 0.29) is 19.0 Å². The molecule has 5 heteroatoms. The van der Waals surface area contributed by atoms with Crippen molar-refractivity contribution >= 4 is 12.4 Å². The predicted molar refractivity (Wildman–Crippen MR) is 64.2 cm³/mol. The third-order valence-corrected chi connectivity index (χ3v) is 2.79. The highest BCUT2D eigenvalue weighted by atomic mass is 35.5. The van der Waals surface area contributed by atoms with Crippen LogP contribution in [0.15, 0.2) is 18.2 Å². The first kappa shape index (κ1) is 14.4. The summed E-state index contributed by atoms with van der Waals surface area (Å²) in [6, 6.07) is 3.56. The molecule has 17 heavy (non-hydrogen) atoms. The highest BCUT2D eigenvalue weighted by molar-refractivity contribution is 5.85. The first-order chi connectivity index (χ1) is 7.75. The van der Waals surface area contributed by atoms with E-state index >= 15 is 0 Å². The minimum absolute atomic E-state index is 0. The molecule has 2 nitrogen and oxygen atoms in total. The van der Waals surface area contributed by atoms with Crippen LogP contribution in [0, 0.1) is 17.6 Å². The van der Waals surface area contributed by atoms with Crippen LogP contribution in [0.2, 0.25) is 0 Å². The molecule has 1 saturated heterocycles. The van der Waals surface area contributed by atoms with Gasteiger partial charge in [0.25, 0.3) is 0 Å². The largest absolute Gasteiger partial charge is 0.376 e. The Kier molecular flexibility index (Phi) is 5.82. The van der Waals surface area contributed by atoms with E-state index in [1.54, 1.807) is 0 Å². The normalized spacial score (nSPS) is 19.1. The van der Waals surface area contributed by atoms with E-state index in [1.165, 1.54) is 12.1 Å². The van der Waals surface area contributed by atoms with Crippen LogP contribution >= 0.6 is 12.4 Å². The van der Waals surface area contributed by atoms with Crippen LogP contribution in [0.25, 0.3) is 0 Å². The minimum atomic E-state index is -0.554. The lowest BCUT2D eigenvalue weighted by molar-refractivity contribution is 0.0904. The molecule has 0 aromatic heterocycles. The first-order valence-corrected chi connectivity index (χ1v) is 5.48. The number of hydrogen-bond acceptors (Lipinski definition) is 2. The molecule has 0 aliphatic carbocycles. The Hall–Kier alpha value is -0.710. The molecule has 1 aromatic rings. The zero-order valence-electron chi connectivity index (χ0n) is 9.42. The van der Waals surface area contributed by atoms with Crippen LogP contribution in [0.1, 0.15) is 12.0 Å². The second kappa shape index (κ2) is 6.89. The SMILES string of the molecule is Cl.Fc1ccc(COCC2CCNC2)c(F)c1. The molecule has 96 valence electrons. The summed E-state index contributed by atoms with van der Waals surface area (Å²) in [4.78, 5) is 0. The Morgan fingerprint density at radius 1 is 1.35 bits per heavy atom. The summed E-state index contributed by atoms with van der Waals surface area (Å²) in [6.07, 6.45) is 1.10. The van der Waals surface area contributed by atoms with Crippen molar-refractivity contribution in [3.63, 3.8) is 0 Å². The maximum atomic E-state index is 13.2. The first-order valence-electron chi connectivity index (χ1n) is 5.48. The van der Waals surface area contributed by atoms with Crippen molar-refractivity contribution in [1.82, 2.24) is 5.32 Å². The molecule has 0 bridgehead atoms. The van der Waals surface area contributed by atoms with Gasteiger partial charge in [0.1, 0.15) is 11.6 Å². The molecule has 1 aliphatic rings. The molecular formula is C12H16ClF2NO. The van der Waals surface area contributed by atoms with Crippen molar-refractivity contribution in [2.45, 2.75) is 13.0 Å². The third-order valence-electron chi connectivity index (χ3n) is 2.79. The molecule has 1 aliphatic heterocycles. The zero-order chi connectivity index (χ0) is 11.4.